The van der Waals surface area contributed by atoms with Gasteiger partial charge >= 0.3 is 5.97 Å². The van der Waals surface area contributed by atoms with Crippen LogP contribution in [0.3, 0.4) is 0 Å². The van der Waals surface area contributed by atoms with Gasteiger partial charge in [-0.15, -0.1) is 0 Å². The molecule has 0 saturated carbocycles. The molecule has 1 heterocycles. The van der Waals surface area contributed by atoms with Gasteiger partial charge in [-0.3, -0.25) is 4.79 Å². The molecule has 0 aromatic carbocycles. The lowest BCUT2D eigenvalue weighted by atomic mass is 10.1. The van der Waals surface area contributed by atoms with Crippen LogP contribution in [0.1, 0.15) is 12.8 Å². The zero-order valence-electron chi connectivity index (χ0n) is 9.26. The normalized spacial score (nSPS) is 22.5. The van der Waals surface area contributed by atoms with E-state index in [4.69, 9.17) is 5.11 Å². The minimum Gasteiger partial charge on any atom is -0.480 e. The summed E-state index contributed by atoms with van der Waals surface area (Å²) in [6.07, 6.45) is 2.88. The van der Waals surface area contributed by atoms with Crippen molar-refractivity contribution in [1.82, 2.24) is 4.90 Å². The van der Waals surface area contributed by atoms with Gasteiger partial charge < -0.3 is 10.0 Å². The fourth-order valence-corrected chi connectivity index (χ4v) is 2.58. The number of carboxylic acid groups (broad SMARTS) is 1. The second kappa shape index (κ2) is 6.39. The number of rotatable bonds is 6. The molecule has 4 nitrogen and oxygen atoms in total. The first-order valence-corrected chi connectivity index (χ1v) is 7.24. The van der Waals surface area contributed by atoms with Crippen molar-refractivity contribution in [2.75, 3.05) is 24.3 Å². The summed E-state index contributed by atoms with van der Waals surface area (Å²) in [5.41, 5.74) is 0. The van der Waals surface area contributed by atoms with Crippen LogP contribution in [0.25, 0.3) is 0 Å². The van der Waals surface area contributed by atoms with Crippen molar-refractivity contribution in [3.05, 3.63) is 0 Å². The van der Waals surface area contributed by atoms with Gasteiger partial charge in [-0.05, 0) is 30.1 Å². The molecule has 1 aliphatic heterocycles. The quantitative estimate of drug-likeness (QED) is 0.701. The molecule has 6 heteroatoms. The second-order valence-corrected chi connectivity index (χ2v) is 5.29. The molecule has 1 amide bonds. The smallest absolute Gasteiger partial charge is 0.326 e. The molecule has 1 aliphatic rings. The van der Waals surface area contributed by atoms with Crippen molar-refractivity contribution in [3.8, 4) is 0 Å². The number of hydrogen-bond donors (Lipinski definition) is 2. The number of carboxylic acids is 1. The average molecular weight is 263 g/mol. The second-order valence-electron chi connectivity index (χ2n) is 3.93. The molecule has 1 N–H and O–H groups in total. The molecule has 16 heavy (non-hydrogen) atoms. The highest BCUT2D eigenvalue weighted by molar-refractivity contribution is 7.98. The molecule has 2 atom stereocenters. The molecule has 1 saturated heterocycles. The van der Waals surface area contributed by atoms with Crippen molar-refractivity contribution < 1.29 is 14.7 Å². The Hall–Kier alpha value is -0.360. The Labute approximate surface area is 105 Å². The zero-order chi connectivity index (χ0) is 12.1. The van der Waals surface area contributed by atoms with Gasteiger partial charge in [0.25, 0.3) is 0 Å². The minimum atomic E-state index is -0.901. The van der Waals surface area contributed by atoms with Crippen LogP contribution >= 0.6 is 24.4 Å². The van der Waals surface area contributed by atoms with Crippen molar-refractivity contribution >= 4 is 36.3 Å². The third-order valence-electron chi connectivity index (χ3n) is 2.75. The first-order chi connectivity index (χ1) is 7.60. The molecule has 1 fully saturated rings. The third kappa shape index (κ3) is 3.31. The molecule has 0 radical (unpaired) electrons. The Morgan fingerprint density at radius 3 is 2.88 bits per heavy atom. The predicted molar refractivity (Wildman–Crippen MR) is 68.1 cm³/mol. The van der Waals surface area contributed by atoms with Crippen LogP contribution in [0.2, 0.25) is 0 Å². The lowest BCUT2D eigenvalue weighted by Crippen LogP contribution is -2.42. The van der Waals surface area contributed by atoms with E-state index in [-0.39, 0.29) is 11.8 Å². The van der Waals surface area contributed by atoms with Crippen molar-refractivity contribution in [1.29, 1.82) is 0 Å². The van der Waals surface area contributed by atoms with E-state index in [1.54, 1.807) is 11.8 Å². The van der Waals surface area contributed by atoms with Crippen LogP contribution in [0.4, 0.5) is 0 Å². The number of aliphatic carboxylic acids is 1. The maximum atomic E-state index is 11.7. The topological polar surface area (TPSA) is 57.6 Å². The Balaban J connectivity index is 2.64. The molecule has 92 valence electrons. The minimum absolute atomic E-state index is 0.0486. The Kier molecular flexibility index (Phi) is 5.48. The predicted octanol–water partition coefficient (Wildman–Crippen LogP) is 0.971. The zero-order valence-corrected chi connectivity index (χ0v) is 11.0. The maximum absolute atomic E-state index is 11.7. The number of hydrogen-bond acceptors (Lipinski definition) is 4. The van der Waals surface area contributed by atoms with Crippen LogP contribution in [-0.4, -0.2) is 52.2 Å². The number of likely N-dealkylation sites (tertiary alicyclic amines) is 1. The highest BCUT2D eigenvalue weighted by Gasteiger charge is 2.36. The largest absolute Gasteiger partial charge is 0.480 e. The molecule has 1 rings (SSSR count). The van der Waals surface area contributed by atoms with Crippen LogP contribution in [0, 0.1) is 5.92 Å². The van der Waals surface area contributed by atoms with Gasteiger partial charge in [-0.1, -0.05) is 0 Å². The summed E-state index contributed by atoms with van der Waals surface area (Å²) in [6, 6.07) is -0.662. The third-order valence-corrected chi connectivity index (χ3v) is 3.91. The van der Waals surface area contributed by atoms with Crippen molar-refractivity contribution in [3.63, 3.8) is 0 Å². The number of amides is 1. The molecular formula is C10H17NO3S2. The van der Waals surface area contributed by atoms with E-state index in [1.807, 2.05) is 6.26 Å². The summed E-state index contributed by atoms with van der Waals surface area (Å²) < 4.78 is 0. The van der Waals surface area contributed by atoms with Crippen molar-refractivity contribution in [2.24, 2.45) is 5.92 Å². The lowest BCUT2D eigenvalue weighted by Gasteiger charge is -2.24. The summed E-state index contributed by atoms with van der Waals surface area (Å²) in [6.45, 7) is 0.535. The summed E-state index contributed by atoms with van der Waals surface area (Å²) >= 11 is 5.75. The number of thiol groups is 1. The van der Waals surface area contributed by atoms with Crippen LogP contribution in [0.5, 0.6) is 0 Å². The summed E-state index contributed by atoms with van der Waals surface area (Å²) in [5, 5.41) is 9.11. The molecule has 0 spiro atoms. The molecular weight excluding hydrogens is 246 g/mol. The van der Waals surface area contributed by atoms with E-state index < -0.39 is 12.0 Å². The van der Waals surface area contributed by atoms with E-state index in [1.165, 1.54) is 4.90 Å². The van der Waals surface area contributed by atoms with Gasteiger partial charge in [0, 0.05) is 13.0 Å². The Morgan fingerprint density at radius 1 is 1.75 bits per heavy atom. The summed E-state index contributed by atoms with van der Waals surface area (Å²) in [4.78, 5) is 24.3. The highest BCUT2D eigenvalue weighted by Crippen LogP contribution is 2.23. The van der Waals surface area contributed by atoms with E-state index in [2.05, 4.69) is 12.6 Å². The van der Waals surface area contributed by atoms with E-state index in [0.717, 1.165) is 5.75 Å². The summed E-state index contributed by atoms with van der Waals surface area (Å²) in [7, 11) is 0. The Bertz CT molecular complexity index is 273. The first kappa shape index (κ1) is 13.7. The van der Waals surface area contributed by atoms with E-state index in [0.29, 0.717) is 25.1 Å². The van der Waals surface area contributed by atoms with Crippen LogP contribution in [-0.2, 0) is 9.59 Å². The molecule has 0 bridgehead atoms. The van der Waals surface area contributed by atoms with E-state index >= 15 is 0 Å². The van der Waals surface area contributed by atoms with Gasteiger partial charge in [0.2, 0.25) is 5.91 Å². The standard InChI is InChI=1S/C10H17NO3S2/c1-16-3-2-8(10(13)14)11-5-7(6-15)4-9(11)12/h7-8,15H,2-6H2,1H3,(H,13,14)/t7?,8-/m0/s1. The number of thioether (sulfide) groups is 1. The number of carbonyl (C=O) groups is 2. The molecule has 0 aromatic rings. The SMILES string of the molecule is CSCC[C@@H](C(=O)O)N1CC(CS)CC1=O. The molecule has 1 unspecified atom stereocenters. The summed E-state index contributed by atoms with van der Waals surface area (Å²) in [5.74, 6) is 0.644. The number of nitrogens with zero attached hydrogens (tertiary/aromatic N) is 1. The number of carbonyl (C=O) groups excluding carboxylic acids is 1. The van der Waals surface area contributed by atoms with Gasteiger partial charge in [-0.25, -0.2) is 4.79 Å². The van der Waals surface area contributed by atoms with Gasteiger partial charge in [-0.2, -0.15) is 24.4 Å². The van der Waals surface area contributed by atoms with Crippen LogP contribution in [0.15, 0.2) is 0 Å². The fraction of sp³-hybridized carbons (Fsp3) is 0.800. The van der Waals surface area contributed by atoms with Gasteiger partial charge in [0.15, 0.2) is 0 Å². The monoisotopic (exact) mass is 263 g/mol. The molecule has 0 aliphatic carbocycles. The highest BCUT2D eigenvalue weighted by atomic mass is 32.2. The van der Waals surface area contributed by atoms with Crippen LogP contribution < -0.4 is 0 Å². The maximum Gasteiger partial charge on any atom is 0.326 e. The van der Waals surface area contributed by atoms with Crippen molar-refractivity contribution in [2.45, 2.75) is 18.9 Å². The lowest BCUT2D eigenvalue weighted by molar-refractivity contribution is -0.148. The first-order valence-electron chi connectivity index (χ1n) is 5.22. The van der Waals surface area contributed by atoms with Gasteiger partial charge in [0.05, 0.1) is 0 Å². The molecule has 0 aromatic heterocycles. The van der Waals surface area contributed by atoms with Gasteiger partial charge in [0.1, 0.15) is 6.04 Å². The van der Waals surface area contributed by atoms with E-state index in [9.17, 15) is 9.59 Å². The Morgan fingerprint density at radius 2 is 2.44 bits per heavy atom. The fourth-order valence-electron chi connectivity index (χ4n) is 1.87. The average Bonchev–Trinajstić information content (AvgIpc) is 2.60.